The molecule has 0 bridgehead atoms. The number of amides is 1. The summed E-state index contributed by atoms with van der Waals surface area (Å²) in [6.45, 7) is 1.88. The van der Waals surface area contributed by atoms with E-state index < -0.39 is 5.82 Å². The van der Waals surface area contributed by atoms with Crippen LogP contribution in [0.5, 0.6) is 0 Å². The molecule has 1 heterocycles. The van der Waals surface area contributed by atoms with E-state index in [0.717, 1.165) is 25.9 Å². The molecule has 0 spiro atoms. The Bertz CT molecular complexity index is 473. The van der Waals surface area contributed by atoms with Crippen molar-refractivity contribution in [3.05, 3.63) is 29.0 Å². The zero-order valence-electron chi connectivity index (χ0n) is 10.9. The van der Waals surface area contributed by atoms with Crippen LogP contribution in [0.1, 0.15) is 12.8 Å². The summed E-state index contributed by atoms with van der Waals surface area (Å²) in [5, 5.41) is 2.88. The van der Waals surface area contributed by atoms with E-state index in [2.05, 4.69) is 5.32 Å². The molecule has 7 heteroatoms. The molecular formula is C13H18Cl2FN3O. The summed E-state index contributed by atoms with van der Waals surface area (Å²) >= 11 is 5.85. The number of hydrogen-bond acceptors (Lipinski definition) is 3. The number of benzene rings is 1. The van der Waals surface area contributed by atoms with Crippen molar-refractivity contribution < 1.29 is 9.18 Å². The molecule has 0 saturated carbocycles. The van der Waals surface area contributed by atoms with Crippen LogP contribution >= 0.6 is 24.0 Å². The fraction of sp³-hybridized carbons (Fsp3) is 0.462. The normalized spacial score (nSPS) is 19.2. The van der Waals surface area contributed by atoms with Gasteiger partial charge in [-0.2, -0.15) is 0 Å². The van der Waals surface area contributed by atoms with Gasteiger partial charge in [-0.3, -0.25) is 9.69 Å². The molecule has 0 radical (unpaired) electrons. The maximum atomic E-state index is 12.9. The van der Waals surface area contributed by atoms with Gasteiger partial charge in [0.15, 0.2) is 0 Å². The van der Waals surface area contributed by atoms with Crippen molar-refractivity contribution in [3.8, 4) is 0 Å². The van der Waals surface area contributed by atoms with E-state index in [0.29, 0.717) is 5.69 Å². The molecule has 1 saturated heterocycles. The van der Waals surface area contributed by atoms with Gasteiger partial charge in [-0.25, -0.2) is 4.39 Å². The van der Waals surface area contributed by atoms with Crippen molar-refractivity contribution in [2.75, 3.05) is 25.0 Å². The van der Waals surface area contributed by atoms with Gasteiger partial charge in [0, 0.05) is 12.6 Å². The summed E-state index contributed by atoms with van der Waals surface area (Å²) in [4.78, 5) is 13.9. The Kier molecular flexibility index (Phi) is 6.68. The summed E-state index contributed by atoms with van der Waals surface area (Å²) in [7, 11) is 0. The lowest BCUT2D eigenvalue weighted by Crippen LogP contribution is -2.45. The molecule has 112 valence electrons. The molecule has 1 aliphatic heterocycles. The van der Waals surface area contributed by atoms with Gasteiger partial charge >= 0.3 is 0 Å². The van der Waals surface area contributed by atoms with Gasteiger partial charge in [-0.15, -0.1) is 12.4 Å². The van der Waals surface area contributed by atoms with E-state index in [1.54, 1.807) is 0 Å². The first-order chi connectivity index (χ1) is 9.04. The van der Waals surface area contributed by atoms with E-state index in [9.17, 15) is 9.18 Å². The third-order valence-corrected chi connectivity index (χ3v) is 3.43. The SMILES string of the molecule is Cl.NC1CCCN(CC(=O)Nc2ccc(F)cc2Cl)C1. The van der Waals surface area contributed by atoms with Gasteiger partial charge in [0.1, 0.15) is 5.82 Å². The van der Waals surface area contributed by atoms with E-state index >= 15 is 0 Å². The molecule has 0 aromatic heterocycles. The van der Waals surface area contributed by atoms with Gasteiger partial charge in [-0.05, 0) is 37.6 Å². The van der Waals surface area contributed by atoms with Crippen LogP contribution < -0.4 is 11.1 Å². The molecule has 1 amide bonds. The lowest BCUT2D eigenvalue weighted by molar-refractivity contribution is -0.117. The summed E-state index contributed by atoms with van der Waals surface area (Å²) in [5.41, 5.74) is 6.28. The second-order valence-electron chi connectivity index (χ2n) is 4.81. The van der Waals surface area contributed by atoms with E-state index in [-0.39, 0.29) is 35.9 Å². The lowest BCUT2D eigenvalue weighted by atomic mass is 10.1. The first-order valence-corrected chi connectivity index (χ1v) is 6.65. The molecule has 1 aromatic carbocycles. The first kappa shape index (κ1) is 17.2. The number of carbonyl (C=O) groups excluding carboxylic acids is 1. The average molecular weight is 322 g/mol. The Morgan fingerprint density at radius 3 is 2.95 bits per heavy atom. The summed E-state index contributed by atoms with van der Waals surface area (Å²) in [6, 6.07) is 4.03. The standard InChI is InChI=1S/C13H17ClFN3O.ClH/c14-11-6-9(15)3-4-12(11)17-13(19)8-18-5-1-2-10(16)7-18;/h3-4,6,10H,1-2,5,7-8,16H2,(H,17,19);1H. The Morgan fingerprint density at radius 1 is 1.55 bits per heavy atom. The number of halogens is 3. The smallest absolute Gasteiger partial charge is 0.238 e. The van der Waals surface area contributed by atoms with Crippen molar-refractivity contribution in [2.45, 2.75) is 18.9 Å². The van der Waals surface area contributed by atoms with Crippen molar-refractivity contribution in [1.29, 1.82) is 0 Å². The second kappa shape index (κ2) is 7.78. The Labute approximate surface area is 128 Å². The maximum absolute atomic E-state index is 12.9. The third kappa shape index (κ3) is 4.90. The Morgan fingerprint density at radius 2 is 2.30 bits per heavy atom. The highest BCUT2D eigenvalue weighted by Gasteiger charge is 2.19. The first-order valence-electron chi connectivity index (χ1n) is 6.27. The predicted octanol–water partition coefficient (Wildman–Crippen LogP) is 2.26. The predicted molar refractivity (Wildman–Crippen MR) is 80.9 cm³/mol. The molecule has 1 fully saturated rings. The number of rotatable bonds is 3. The van der Waals surface area contributed by atoms with Crippen LogP contribution in [0.15, 0.2) is 18.2 Å². The fourth-order valence-electron chi connectivity index (χ4n) is 2.22. The van der Waals surface area contributed by atoms with Crippen molar-refractivity contribution in [3.63, 3.8) is 0 Å². The van der Waals surface area contributed by atoms with E-state index in [1.165, 1.54) is 18.2 Å². The highest BCUT2D eigenvalue weighted by atomic mass is 35.5. The summed E-state index contributed by atoms with van der Waals surface area (Å²) in [5.74, 6) is -0.590. The molecular weight excluding hydrogens is 304 g/mol. The minimum atomic E-state index is -0.426. The van der Waals surface area contributed by atoms with Crippen LogP contribution in [0.2, 0.25) is 5.02 Å². The van der Waals surface area contributed by atoms with Crippen LogP contribution in [-0.4, -0.2) is 36.5 Å². The molecule has 1 atom stereocenters. The van der Waals surface area contributed by atoms with E-state index in [1.807, 2.05) is 4.90 Å². The van der Waals surface area contributed by atoms with Crippen LogP contribution in [0, 0.1) is 5.82 Å². The van der Waals surface area contributed by atoms with E-state index in [4.69, 9.17) is 17.3 Å². The highest BCUT2D eigenvalue weighted by molar-refractivity contribution is 6.33. The Balaban J connectivity index is 0.00000200. The molecule has 1 aromatic rings. The zero-order chi connectivity index (χ0) is 13.8. The number of hydrogen-bond donors (Lipinski definition) is 2. The molecule has 1 unspecified atom stereocenters. The number of carbonyl (C=O) groups is 1. The fourth-order valence-corrected chi connectivity index (χ4v) is 2.43. The molecule has 3 N–H and O–H groups in total. The van der Waals surface area contributed by atoms with Crippen molar-refractivity contribution in [1.82, 2.24) is 4.90 Å². The van der Waals surface area contributed by atoms with Crippen molar-refractivity contribution in [2.24, 2.45) is 5.73 Å². The molecule has 1 aliphatic rings. The average Bonchev–Trinajstić information content (AvgIpc) is 2.33. The largest absolute Gasteiger partial charge is 0.327 e. The number of anilines is 1. The summed E-state index contributed by atoms with van der Waals surface area (Å²) in [6.07, 6.45) is 2.01. The number of nitrogens with two attached hydrogens (primary N) is 1. The molecule has 4 nitrogen and oxygen atoms in total. The highest BCUT2D eigenvalue weighted by Crippen LogP contribution is 2.22. The lowest BCUT2D eigenvalue weighted by Gasteiger charge is -2.29. The quantitative estimate of drug-likeness (QED) is 0.897. The molecule has 2 rings (SSSR count). The molecule has 20 heavy (non-hydrogen) atoms. The Hall–Kier alpha value is -0.880. The van der Waals surface area contributed by atoms with Gasteiger partial charge < -0.3 is 11.1 Å². The van der Waals surface area contributed by atoms with Crippen LogP contribution in [-0.2, 0) is 4.79 Å². The van der Waals surface area contributed by atoms with Crippen LogP contribution in [0.4, 0.5) is 10.1 Å². The van der Waals surface area contributed by atoms with Gasteiger partial charge in [0.2, 0.25) is 5.91 Å². The number of nitrogens with zero attached hydrogens (tertiary/aromatic N) is 1. The minimum absolute atomic E-state index is 0. The molecule has 0 aliphatic carbocycles. The van der Waals surface area contributed by atoms with Crippen LogP contribution in [0.3, 0.4) is 0 Å². The zero-order valence-corrected chi connectivity index (χ0v) is 12.5. The minimum Gasteiger partial charge on any atom is -0.327 e. The van der Waals surface area contributed by atoms with Gasteiger partial charge in [-0.1, -0.05) is 11.6 Å². The summed E-state index contributed by atoms with van der Waals surface area (Å²) < 4.78 is 12.9. The number of likely N-dealkylation sites (tertiary alicyclic amines) is 1. The van der Waals surface area contributed by atoms with Gasteiger partial charge in [0.05, 0.1) is 17.3 Å². The number of piperidine rings is 1. The number of nitrogens with one attached hydrogen (secondary N) is 1. The second-order valence-corrected chi connectivity index (χ2v) is 5.22. The topological polar surface area (TPSA) is 58.4 Å². The van der Waals surface area contributed by atoms with Crippen molar-refractivity contribution >= 4 is 35.6 Å². The van der Waals surface area contributed by atoms with Gasteiger partial charge in [0.25, 0.3) is 0 Å². The maximum Gasteiger partial charge on any atom is 0.238 e. The van der Waals surface area contributed by atoms with Crippen LogP contribution in [0.25, 0.3) is 0 Å². The third-order valence-electron chi connectivity index (χ3n) is 3.11. The monoisotopic (exact) mass is 321 g/mol.